The summed E-state index contributed by atoms with van der Waals surface area (Å²) in [6.45, 7) is 0. The van der Waals surface area contributed by atoms with Crippen LogP contribution in [0.4, 0.5) is 0 Å². The van der Waals surface area contributed by atoms with Gasteiger partial charge in [-0.2, -0.15) is 0 Å². The Morgan fingerprint density at radius 2 is 2.05 bits per heavy atom. The Morgan fingerprint density at radius 3 is 2.81 bits per heavy atom. The number of aryl methyl sites for hydroxylation is 1. The van der Waals surface area contributed by atoms with Crippen molar-refractivity contribution < 1.29 is 0 Å². The molecule has 0 saturated carbocycles. The molecule has 0 amide bonds. The van der Waals surface area contributed by atoms with Gasteiger partial charge in [0.1, 0.15) is 5.82 Å². The summed E-state index contributed by atoms with van der Waals surface area (Å²) in [7, 11) is 0. The molecule has 108 valence electrons. The minimum Gasteiger partial charge on any atom is -0.295 e. The number of fused-ring (bicyclic) bond motifs is 1. The standard InChI is InChI=1S/C15H10BrCl2IN2/c16-15-10(18)2-1-3-13(15)21-12-5-4-9(19)8-11(12)20-14(21)6-7-17/h1-5,8H,6-7H2. The number of aromatic nitrogens is 2. The molecule has 21 heavy (non-hydrogen) atoms. The molecule has 2 nitrogen and oxygen atoms in total. The summed E-state index contributed by atoms with van der Waals surface area (Å²) >= 11 is 18.0. The van der Waals surface area contributed by atoms with E-state index in [1.165, 1.54) is 0 Å². The van der Waals surface area contributed by atoms with Gasteiger partial charge in [0.25, 0.3) is 0 Å². The first-order valence-electron chi connectivity index (χ1n) is 6.29. The SMILES string of the molecule is ClCCc1nc2cc(I)ccc2n1-c1cccc(Cl)c1Br. The number of hydrogen-bond acceptors (Lipinski definition) is 1. The molecule has 3 rings (SSSR count). The Balaban J connectivity index is 2.33. The fourth-order valence-corrected chi connectivity index (χ4v) is 3.54. The van der Waals surface area contributed by atoms with Gasteiger partial charge in [-0.25, -0.2) is 4.98 Å². The Bertz CT molecular complexity index is 817. The summed E-state index contributed by atoms with van der Waals surface area (Å²) in [5, 5.41) is 0.677. The summed E-state index contributed by atoms with van der Waals surface area (Å²) in [6.07, 6.45) is 0.700. The van der Waals surface area contributed by atoms with Crippen molar-refractivity contribution in [1.82, 2.24) is 9.55 Å². The minimum absolute atomic E-state index is 0.526. The van der Waals surface area contributed by atoms with Crippen LogP contribution in [0.1, 0.15) is 5.82 Å². The van der Waals surface area contributed by atoms with E-state index in [4.69, 9.17) is 28.2 Å². The molecule has 0 N–H and O–H groups in total. The highest BCUT2D eigenvalue weighted by Crippen LogP contribution is 2.32. The van der Waals surface area contributed by atoms with Gasteiger partial charge in [0, 0.05) is 15.9 Å². The van der Waals surface area contributed by atoms with Crippen LogP contribution >= 0.6 is 61.7 Å². The van der Waals surface area contributed by atoms with E-state index in [9.17, 15) is 0 Å². The molecular weight excluding hydrogens is 486 g/mol. The summed E-state index contributed by atoms with van der Waals surface area (Å²) in [4.78, 5) is 4.72. The predicted octanol–water partition coefficient (Wildman–Crippen LogP) is 5.83. The molecule has 2 aromatic carbocycles. The van der Waals surface area contributed by atoms with Gasteiger partial charge in [-0.05, 0) is 68.9 Å². The van der Waals surface area contributed by atoms with E-state index in [-0.39, 0.29) is 0 Å². The monoisotopic (exact) mass is 494 g/mol. The van der Waals surface area contributed by atoms with Crippen molar-refractivity contribution in [1.29, 1.82) is 0 Å². The molecule has 0 radical (unpaired) electrons. The van der Waals surface area contributed by atoms with Crippen LogP contribution in [0.15, 0.2) is 40.9 Å². The van der Waals surface area contributed by atoms with Crippen molar-refractivity contribution in [3.05, 3.63) is 55.3 Å². The molecule has 0 aliphatic carbocycles. The van der Waals surface area contributed by atoms with E-state index in [1.807, 2.05) is 18.2 Å². The molecule has 6 heteroatoms. The van der Waals surface area contributed by atoms with Gasteiger partial charge < -0.3 is 0 Å². The van der Waals surface area contributed by atoms with Gasteiger partial charge in [0.15, 0.2) is 0 Å². The largest absolute Gasteiger partial charge is 0.295 e. The molecule has 0 bridgehead atoms. The molecule has 0 saturated heterocycles. The van der Waals surface area contributed by atoms with E-state index >= 15 is 0 Å². The maximum absolute atomic E-state index is 6.23. The second kappa shape index (κ2) is 6.44. The van der Waals surface area contributed by atoms with Crippen LogP contribution in [-0.4, -0.2) is 15.4 Å². The molecule has 0 unspecified atom stereocenters. The number of benzene rings is 2. The molecule has 0 atom stereocenters. The zero-order chi connectivity index (χ0) is 15.0. The highest BCUT2D eigenvalue weighted by Gasteiger charge is 2.15. The fourth-order valence-electron chi connectivity index (χ4n) is 2.29. The van der Waals surface area contributed by atoms with Gasteiger partial charge in [-0.1, -0.05) is 17.7 Å². The van der Waals surface area contributed by atoms with E-state index in [2.05, 4.69) is 61.3 Å². The van der Waals surface area contributed by atoms with Crippen LogP contribution in [-0.2, 0) is 6.42 Å². The number of alkyl halides is 1. The number of halogens is 4. The zero-order valence-corrected chi connectivity index (χ0v) is 16.0. The maximum Gasteiger partial charge on any atom is 0.115 e. The lowest BCUT2D eigenvalue weighted by molar-refractivity contribution is 0.909. The van der Waals surface area contributed by atoms with Crippen molar-refractivity contribution in [2.24, 2.45) is 0 Å². The zero-order valence-electron chi connectivity index (χ0n) is 10.8. The number of hydrogen-bond donors (Lipinski definition) is 0. The van der Waals surface area contributed by atoms with Crippen LogP contribution in [0, 0.1) is 3.57 Å². The third kappa shape index (κ3) is 2.96. The Kier molecular flexibility index (Phi) is 4.78. The van der Waals surface area contributed by atoms with Crippen LogP contribution in [0.5, 0.6) is 0 Å². The first kappa shape index (κ1) is 15.6. The Labute approximate surface area is 154 Å². The van der Waals surface area contributed by atoms with E-state index in [0.29, 0.717) is 17.3 Å². The maximum atomic E-state index is 6.23. The lowest BCUT2D eigenvalue weighted by Gasteiger charge is -2.11. The first-order valence-corrected chi connectivity index (χ1v) is 9.07. The third-order valence-electron chi connectivity index (χ3n) is 3.18. The van der Waals surface area contributed by atoms with Crippen molar-refractivity contribution in [3.63, 3.8) is 0 Å². The second-order valence-electron chi connectivity index (χ2n) is 4.51. The lowest BCUT2D eigenvalue weighted by Crippen LogP contribution is -2.03. The minimum atomic E-state index is 0.526. The molecular formula is C15H10BrCl2IN2. The van der Waals surface area contributed by atoms with Gasteiger partial charge in [-0.3, -0.25) is 4.57 Å². The molecule has 3 aromatic rings. The van der Waals surface area contributed by atoms with Crippen LogP contribution in [0.3, 0.4) is 0 Å². The van der Waals surface area contributed by atoms with Crippen molar-refractivity contribution in [2.75, 3.05) is 5.88 Å². The summed E-state index contributed by atoms with van der Waals surface area (Å²) in [5.41, 5.74) is 3.00. The number of rotatable bonds is 3. The van der Waals surface area contributed by atoms with Crippen molar-refractivity contribution in [2.45, 2.75) is 6.42 Å². The Morgan fingerprint density at radius 1 is 1.24 bits per heavy atom. The van der Waals surface area contributed by atoms with E-state index in [1.54, 1.807) is 0 Å². The van der Waals surface area contributed by atoms with Gasteiger partial charge in [0.2, 0.25) is 0 Å². The third-order valence-corrected chi connectivity index (χ3v) is 5.41. The van der Waals surface area contributed by atoms with Crippen LogP contribution < -0.4 is 0 Å². The fraction of sp³-hybridized carbons (Fsp3) is 0.133. The summed E-state index contributed by atoms with van der Waals surface area (Å²) < 4.78 is 4.14. The smallest absolute Gasteiger partial charge is 0.115 e. The molecule has 1 aromatic heterocycles. The first-order chi connectivity index (χ1) is 10.1. The van der Waals surface area contributed by atoms with Gasteiger partial charge in [0.05, 0.1) is 26.2 Å². The quantitative estimate of drug-likeness (QED) is 0.330. The predicted molar refractivity (Wildman–Crippen MR) is 101 cm³/mol. The van der Waals surface area contributed by atoms with E-state index < -0.39 is 0 Å². The molecule has 0 fully saturated rings. The summed E-state index contributed by atoms with van der Waals surface area (Å²) in [5.74, 6) is 1.46. The molecule has 0 aliphatic rings. The number of nitrogens with zero attached hydrogens (tertiary/aromatic N) is 2. The van der Waals surface area contributed by atoms with Crippen LogP contribution in [0.2, 0.25) is 5.02 Å². The highest BCUT2D eigenvalue weighted by molar-refractivity contribution is 14.1. The highest BCUT2D eigenvalue weighted by atomic mass is 127. The second-order valence-corrected chi connectivity index (χ2v) is 7.33. The van der Waals surface area contributed by atoms with Gasteiger partial charge >= 0.3 is 0 Å². The van der Waals surface area contributed by atoms with E-state index in [0.717, 1.165) is 30.6 Å². The van der Waals surface area contributed by atoms with Crippen LogP contribution in [0.25, 0.3) is 16.7 Å². The topological polar surface area (TPSA) is 17.8 Å². The normalized spacial score (nSPS) is 11.2. The summed E-state index contributed by atoms with van der Waals surface area (Å²) in [6, 6.07) is 12.0. The molecule has 0 spiro atoms. The lowest BCUT2D eigenvalue weighted by atomic mass is 10.2. The average Bonchev–Trinajstić information content (AvgIpc) is 2.79. The Hall–Kier alpha value is -0.300. The van der Waals surface area contributed by atoms with Gasteiger partial charge in [-0.15, -0.1) is 11.6 Å². The molecule has 0 aliphatic heterocycles. The molecule has 1 heterocycles. The average molecular weight is 496 g/mol. The van der Waals surface area contributed by atoms with Crippen molar-refractivity contribution in [3.8, 4) is 5.69 Å². The van der Waals surface area contributed by atoms with Crippen molar-refractivity contribution >= 4 is 72.8 Å². The number of imidazole rings is 1.